The number of pyridine rings is 1. The zero-order valence-electron chi connectivity index (χ0n) is 10.8. The average Bonchev–Trinajstić information content (AvgIpc) is 3.01. The van der Waals surface area contributed by atoms with Gasteiger partial charge in [-0.3, -0.25) is 0 Å². The summed E-state index contributed by atoms with van der Waals surface area (Å²) in [6.45, 7) is 2.24. The summed E-state index contributed by atoms with van der Waals surface area (Å²) in [6.07, 6.45) is 7.35. The Bertz CT molecular complexity index is 477. The molecule has 0 spiro atoms. The fourth-order valence-electron chi connectivity index (χ4n) is 3.84. The summed E-state index contributed by atoms with van der Waals surface area (Å²) in [5.41, 5.74) is 0.646. The molecule has 3 heteroatoms. The van der Waals surface area contributed by atoms with Crippen molar-refractivity contribution in [1.29, 1.82) is 5.26 Å². The van der Waals surface area contributed by atoms with Crippen molar-refractivity contribution in [3.8, 4) is 6.07 Å². The van der Waals surface area contributed by atoms with Crippen LogP contribution in [0.1, 0.15) is 38.2 Å². The first kappa shape index (κ1) is 11.5. The maximum atomic E-state index is 9.07. The minimum absolute atomic E-state index is 0.419. The smallest absolute Gasteiger partial charge is 0.144 e. The van der Waals surface area contributed by atoms with E-state index in [0.717, 1.165) is 23.6 Å². The van der Waals surface area contributed by atoms with E-state index in [-0.39, 0.29) is 0 Å². The lowest BCUT2D eigenvalue weighted by Crippen LogP contribution is -2.30. The Kier molecular flexibility index (Phi) is 2.95. The van der Waals surface area contributed by atoms with Crippen LogP contribution >= 0.6 is 0 Å². The van der Waals surface area contributed by atoms with Crippen molar-refractivity contribution in [2.24, 2.45) is 17.8 Å². The van der Waals surface area contributed by atoms with Gasteiger partial charge in [0.15, 0.2) is 0 Å². The molecule has 3 nitrogen and oxygen atoms in total. The number of rotatable bonds is 3. The summed E-state index contributed by atoms with van der Waals surface area (Å²) in [6, 6.07) is 6.25. The molecule has 0 aromatic carbocycles. The Morgan fingerprint density at radius 2 is 2.33 bits per heavy atom. The van der Waals surface area contributed by atoms with E-state index in [1.165, 1.54) is 25.7 Å². The quantitative estimate of drug-likeness (QED) is 0.884. The van der Waals surface area contributed by atoms with Crippen LogP contribution in [0.25, 0.3) is 0 Å². The van der Waals surface area contributed by atoms with Crippen LogP contribution in [0.4, 0.5) is 5.82 Å². The summed E-state index contributed by atoms with van der Waals surface area (Å²) in [5, 5.41) is 12.5. The SMILES string of the molecule is C[C@H](Nc1ncccc1C#N)[C@@H]1C[C@@H]2CC[C@@H]1C2. The van der Waals surface area contributed by atoms with E-state index in [4.69, 9.17) is 5.26 Å². The second kappa shape index (κ2) is 4.61. The van der Waals surface area contributed by atoms with Gasteiger partial charge < -0.3 is 5.32 Å². The number of fused-ring (bicyclic) bond motifs is 2. The zero-order chi connectivity index (χ0) is 12.5. The fourth-order valence-corrected chi connectivity index (χ4v) is 3.84. The molecule has 2 aliphatic carbocycles. The molecule has 2 aliphatic rings. The topological polar surface area (TPSA) is 48.7 Å². The van der Waals surface area contributed by atoms with Crippen molar-refractivity contribution in [2.75, 3.05) is 5.32 Å². The Hall–Kier alpha value is -1.56. The summed E-state index contributed by atoms with van der Waals surface area (Å²) in [7, 11) is 0. The molecule has 2 bridgehead atoms. The maximum absolute atomic E-state index is 9.07. The molecular formula is C15H19N3. The van der Waals surface area contributed by atoms with Gasteiger partial charge in [-0.25, -0.2) is 4.98 Å². The van der Waals surface area contributed by atoms with E-state index in [1.54, 1.807) is 6.20 Å². The highest BCUT2D eigenvalue weighted by atomic mass is 15.0. The predicted molar refractivity (Wildman–Crippen MR) is 71.0 cm³/mol. The van der Waals surface area contributed by atoms with Gasteiger partial charge in [-0.1, -0.05) is 6.42 Å². The molecule has 1 aromatic heterocycles. The number of hydrogen-bond donors (Lipinski definition) is 1. The predicted octanol–water partition coefficient (Wildman–Crippen LogP) is 3.19. The largest absolute Gasteiger partial charge is 0.366 e. The lowest BCUT2D eigenvalue weighted by molar-refractivity contribution is 0.304. The molecule has 1 aromatic rings. The minimum atomic E-state index is 0.419. The number of aromatic nitrogens is 1. The van der Waals surface area contributed by atoms with Gasteiger partial charge in [0.25, 0.3) is 0 Å². The van der Waals surface area contributed by atoms with E-state index in [2.05, 4.69) is 23.3 Å². The van der Waals surface area contributed by atoms with Crippen LogP contribution in [0.3, 0.4) is 0 Å². The van der Waals surface area contributed by atoms with Gasteiger partial charge >= 0.3 is 0 Å². The molecular weight excluding hydrogens is 222 g/mol. The first-order valence-corrected chi connectivity index (χ1v) is 6.89. The third kappa shape index (κ3) is 1.96. The van der Waals surface area contributed by atoms with Crippen molar-refractivity contribution in [2.45, 2.75) is 38.6 Å². The van der Waals surface area contributed by atoms with Crippen LogP contribution in [0.5, 0.6) is 0 Å². The molecule has 94 valence electrons. The normalized spacial score (nSPS) is 31.0. The van der Waals surface area contributed by atoms with Crippen molar-refractivity contribution >= 4 is 5.82 Å². The first-order valence-electron chi connectivity index (χ1n) is 6.89. The molecule has 2 fully saturated rings. The maximum Gasteiger partial charge on any atom is 0.144 e. The molecule has 0 amide bonds. The third-order valence-electron chi connectivity index (χ3n) is 4.73. The monoisotopic (exact) mass is 241 g/mol. The van der Waals surface area contributed by atoms with Crippen LogP contribution < -0.4 is 5.32 Å². The number of nitrogens with one attached hydrogen (secondary N) is 1. The van der Waals surface area contributed by atoms with E-state index < -0.39 is 0 Å². The summed E-state index contributed by atoms with van der Waals surface area (Å²) < 4.78 is 0. The second-order valence-corrected chi connectivity index (χ2v) is 5.78. The summed E-state index contributed by atoms with van der Waals surface area (Å²) in [4.78, 5) is 4.29. The molecule has 0 aliphatic heterocycles. The fraction of sp³-hybridized carbons (Fsp3) is 0.600. The Morgan fingerprint density at radius 1 is 1.44 bits per heavy atom. The molecule has 1 heterocycles. The minimum Gasteiger partial charge on any atom is -0.366 e. The van der Waals surface area contributed by atoms with Gasteiger partial charge in [0.1, 0.15) is 11.9 Å². The van der Waals surface area contributed by atoms with Gasteiger partial charge in [-0.05, 0) is 56.1 Å². The van der Waals surface area contributed by atoms with Crippen LogP contribution in [0.15, 0.2) is 18.3 Å². The van der Waals surface area contributed by atoms with Crippen molar-refractivity contribution in [1.82, 2.24) is 4.98 Å². The lowest BCUT2D eigenvalue weighted by Gasteiger charge is -2.29. The number of hydrogen-bond acceptors (Lipinski definition) is 3. The highest BCUT2D eigenvalue weighted by Crippen LogP contribution is 2.49. The number of nitrogens with zero attached hydrogens (tertiary/aromatic N) is 2. The van der Waals surface area contributed by atoms with Gasteiger partial charge in [0, 0.05) is 12.2 Å². The molecule has 4 atom stereocenters. The average molecular weight is 241 g/mol. The lowest BCUT2D eigenvalue weighted by atomic mass is 9.84. The van der Waals surface area contributed by atoms with Gasteiger partial charge in [-0.2, -0.15) is 5.26 Å². The van der Waals surface area contributed by atoms with Crippen LogP contribution in [0.2, 0.25) is 0 Å². The Balaban J connectivity index is 1.71. The molecule has 2 saturated carbocycles. The molecule has 18 heavy (non-hydrogen) atoms. The second-order valence-electron chi connectivity index (χ2n) is 5.78. The van der Waals surface area contributed by atoms with Crippen LogP contribution in [0, 0.1) is 29.1 Å². The standard InChI is InChI=1S/C15H19N3/c1-10(14-8-11-4-5-12(14)7-11)18-15-13(9-16)3-2-6-17-15/h2-3,6,10-12,14H,4-5,7-8H2,1H3,(H,17,18)/t10-,11+,12+,14-/m0/s1. The number of nitriles is 1. The highest BCUT2D eigenvalue weighted by molar-refractivity contribution is 5.51. The van der Waals surface area contributed by atoms with Gasteiger partial charge in [-0.15, -0.1) is 0 Å². The van der Waals surface area contributed by atoms with Crippen LogP contribution in [-0.2, 0) is 0 Å². The van der Waals surface area contributed by atoms with Crippen molar-refractivity contribution in [3.05, 3.63) is 23.9 Å². The zero-order valence-corrected chi connectivity index (χ0v) is 10.8. The summed E-state index contributed by atoms with van der Waals surface area (Å²) in [5.74, 6) is 3.36. The molecule has 0 radical (unpaired) electrons. The summed E-state index contributed by atoms with van der Waals surface area (Å²) >= 11 is 0. The van der Waals surface area contributed by atoms with E-state index >= 15 is 0 Å². The van der Waals surface area contributed by atoms with Crippen molar-refractivity contribution < 1.29 is 0 Å². The molecule has 3 rings (SSSR count). The van der Waals surface area contributed by atoms with E-state index in [1.807, 2.05) is 12.1 Å². The first-order chi connectivity index (χ1) is 8.78. The third-order valence-corrected chi connectivity index (χ3v) is 4.73. The Labute approximate surface area is 108 Å². The van der Waals surface area contributed by atoms with Gasteiger partial charge in [0.05, 0.1) is 5.56 Å². The van der Waals surface area contributed by atoms with E-state index in [9.17, 15) is 0 Å². The Morgan fingerprint density at radius 3 is 3.00 bits per heavy atom. The van der Waals surface area contributed by atoms with Crippen molar-refractivity contribution in [3.63, 3.8) is 0 Å². The molecule has 1 N–H and O–H groups in total. The number of anilines is 1. The molecule has 0 saturated heterocycles. The molecule has 0 unspecified atom stereocenters. The van der Waals surface area contributed by atoms with Crippen LogP contribution in [-0.4, -0.2) is 11.0 Å². The highest BCUT2D eigenvalue weighted by Gasteiger charge is 2.41. The van der Waals surface area contributed by atoms with E-state index in [0.29, 0.717) is 11.6 Å². The van der Waals surface area contributed by atoms with Gasteiger partial charge in [0.2, 0.25) is 0 Å².